The molecule has 0 saturated heterocycles. The van der Waals surface area contributed by atoms with Gasteiger partial charge < -0.3 is 11.1 Å². The molecule has 2 rings (SSSR count). The second-order valence-electron chi connectivity index (χ2n) is 5.37. The standard InChI is InChI=1S/C14H20F2N4O2S/c15-10-5-6-13(12(16)9-10)23(21,22)19-8-7-18-14(17)20-11-3-1-2-4-11/h5-6,9,11,19H,1-4,7-8H2,(H3,17,18,20). The van der Waals surface area contributed by atoms with Gasteiger partial charge in [0, 0.05) is 18.7 Å². The van der Waals surface area contributed by atoms with E-state index in [-0.39, 0.29) is 19.0 Å². The van der Waals surface area contributed by atoms with Gasteiger partial charge in [0.05, 0.1) is 6.54 Å². The van der Waals surface area contributed by atoms with Gasteiger partial charge in [0.25, 0.3) is 0 Å². The number of hydrogen-bond donors (Lipinski definition) is 3. The third kappa shape index (κ3) is 5.14. The highest BCUT2D eigenvalue weighted by molar-refractivity contribution is 7.89. The van der Waals surface area contributed by atoms with Crippen molar-refractivity contribution in [2.75, 3.05) is 13.1 Å². The van der Waals surface area contributed by atoms with Crippen molar-refractivity contribution in [1.82, 2.24) is 10.0 Å². The Balaban J connectivity index is 1.84. The van der Waals surface area contributed by atoms with Gasteiger partial charge >= 0.3 is 0 Å². The van der Waals surface area contributed by atoms with E-state index in [4.69, 9.17) is 5.73 Å². The fraction of sp³-hybridized carbons (Fsp3) is 0.500. The van der Waals surface area contributed by atoms with Crippen LogP contribution in [0, 0.1) is 11.6 Å². The number of nitrogens with two attached hydrogens (primary N) is 1. The van der Waals surface area contributed by atoms with Crippen LogP contribution in [0.15, 0.2) is 28.1 Å². The van der Waals surface area contributed by atoms with Crippen LogP contribution >= 0.6 is 0 Å². The number of guanidine groups is 1. The van der Waals surface area contributed by atoms with Gasteiger partial charge in [-0.15, -0.1) is 0 Å². The molecule has 0 bridgehead atoms. The molecule has 1 fully saturated rings. The summed E-state index contributed by atoms with van der Waals surface area (Å²) in [6.07, 6.45) is 4.42. The summed E-state index contributed by atoms with van der Waals surface area (Å²) in [5.74, 6) is -1.70. The monoisotopic (exact) mass is 346 g/mol. The molecule has 1 aromatic rings. The molecule has 0 aromatic heterocycles. The first-order valence-electron chi connectivity index (χ1n) is 7.39. The Morgan fingerprint density at radius 2 is 2.00 bits per heavy atom. The summed E-state index contributed by atoms with van der Waals surface area (Å²) in [4.78, 5) is 3.43. The highest BCUT2D eigenvalue weighted by Crippen LogP contribution is 2.17. The molecule has 1 aromatic carbocycles. The average molecular weight is 346 g/mol. The first kappa shape index (κ1) is 17.6. The van der Waals surface area contributed by atoms with E-state index in [0.29, 0.717) is 12.1 Å². The Kier molecular flexibility index (Phi) is 5.89. The normalized spacial score (nSPS) is 16.7. The Labute approximate surface area is 134 Å². The predicted octanol–water partition coefficient (Wildman–Crippen LogP) is 1.09. The van der Waals surface area contributed by atoms with Crippen molar-refractivity contribution in [3.63, 3.8) is 0 Å². The zero-order valence-electron chi connectivity index (χ0n) is 12.6. The number of aliphatic imine (C=N–C) groups is 1. The summed E-state index contributed by atoms with van der Waals surface area (Å²) in [6.45, 7) is 0.0831. The minimum atomic E-state index is -4.05. The summed E-state index contributed by atoms with van der Waals surface area (Å²) in [5.41, 5.74) is 5.72. The first-order chi connectivity index (χ1) is 10.9. The van der Waals surface area contributed by atoms with Crippen LogP contribution in [0.3, 0.4) is 0 Å². The molecule has 0 spiro atoms. The molecule has 1 aliphatic carbocycles. The van der Waals surface area contributed by atoms with E-state index < -0.39 is 26.6 Å². The number of nitrogens with one attached hydrogen (secondary N) is 2. The van der Waals surface area contributed by atoms with Gasteiger partial charge in [-0.3, -0.25) is 4.99 Å². The van der Waals surface area contributed by atoms with Gasteiger partial charge in [-0.1, -0.05) is 12.8 Å². The van der Waals surface area contributed by atoms with E-state index in [9.17, 15) is 17.2 Å². The summed E-state index contributed by atoms with van der Waals surface area (Å²) in [6, 6.07) is 2.62. The highest BCUT2D eigenvalue weighted by Gasteiger charge is 2.19. The predicted molar refractivity (Wildman–Crippen MR) is 83.4 cm³/mol. The van der Waals surface area contributed by atoms with E-state index in [2.05, 4.69) is 15.0 Å². The van der Waals surface area contributed by atoms with Crippen LogP contribution in [0.2, 0.25) is 0 Å². The molecule has 0 heterocycles. The quantitative estimate of drug-likeness (QED) is 0.408. The number of benzene rings is 1. The zero-order valence-corrected chi connectivity index (χ0v) is 13.4. The molecule has 23 heavy (non-hydrogen) atoms. The van der Waals surface area contributed by atoms with Gasteiger partial charge in [0.15, 0.2) is 5.96 Å². The minimum absolute atomic E-state index is 0.0355. The van der Waals surface area contributed by atoms with Gasteiger partial charge in [0.1, 0.15) is 16.5 Å². The van der Waals surface area contributed by atoms with E-state index in [1.807, 2.05) is 0 Å². The Morgan fingerprint density at radius 1 is 1.30 bits per heavy atom. The average Bonchev–Trinajstić information content (AvgIpc) is 2.96. The first-order valence-corrected chi connectivity index (χ1v) is 8.88. The second-order valence-corrected chi connectivity index (χ2v) is 7.10. The maximum atomic E-state index is 13.5. The van der Waals surface area contributed by atoms with Crippen LogP contribution < -0.4 is 15.8 Å². The van der Waals surface area contributed by atoms with Crippen molar-refractivity contribution >= 4 is 16.0 Å². The van der Waals surface area contributed by atoms with Crippen LogP contribution in [-0.2, 0) is 10.0 Å². The minimum Gasteiger partial charge on any atom is -0.370 e. The van der Waals surface area contributed by atoms with Gasteiger partial charge in [-0.2, -0.15) is 0 Å². The van der Waals surface area contributed by atoms with Crippen LogP contribution in [0.25, 0.3) is 0 Å². The maximum absolute atomic E-state index is 13.5. The Hall–Kier alpha value is -1.74. The van der Waals surface area contributed by atoms with Crippen molar-refractivity contribution in [1.29, 1.82) is 0 Å². The lowest BCUT2D eigenvalue weighted by atomic mass is 10.2. The van der Waals surface area contributed by atoms with Crippen LogP contribution in [0.1, 0.15) is 25.7 Å². The molecule has 0 amide bonds. The molecule has 4 N–H and O–H groups in total. The third-order valence-electron chi connectivity index (χ3n) is 3.58. The van der Waals surface area contributed by atoms with Crippen molar-refractivity contribution in [3.8, 4) is 0 Å². The number of sulfonamides is 1. The molecule has 0 unspecified atom stereocenters. The largest absolute Gasteiger partial charge is 0.370 e. The lowest BCUT2D eigenvalue weighted by Crippen LogP contribution is -2.39. The third-order valence-corrected chi connectivity index (χ3v) is 5.07. The molecule has 6 nitrogen and oxygen atoms in total. The number of rotatable bonds is 6. The highest BCUT2D eigenvalue weighted by atomic mass is 32.2. The fourth-order valence-corrected chi connectivity index (χ4v) is 3.53. The molecule has 9 heteroatoms. The van der Waals surface area contributed by atoms with E-state index in [1.54, 1.807) is 0 Å². The molecule has 128 valence electrons. The van der Waals surface area contributed by atoms with Crippen LogP contribution in [0.4, 0.5) is 8.78 Å². The summed E-state index contributed by atoms with van der Waals surface area (Å²) < 4.78 is 52.3. The molecule has 0 aliphatic heterocycles. The van der Waals surface area contributed by atoms with Gasteiger partial charge in [0.2, 0.25) is 10.0 Å². The van der Waals surface area contributed by atoms with E-state index in [1.165, 1.54) is 0 Å². The molecular weight excluding hydrogens is 326 g/mol. The number of halogens is 2. The molecule has 0 radical (unpaired) electrons. The molecule has 0 atom stereocenters. The summed E-state index contributed by atoms with van der Waals surface area (Å²) >= 11 is 0. The molecule has 1 aliphatic rings. The molecule has 1 saturated carbocycles. The van der Waals surface area contributed by atoms with Crippen molar-refractivity contribution in [2.24, 2.45) is 10.7 Å². The Bertz CT molecular complexity index is 673. The van der Waals surface area contributed by atoms with Crippen LogP contribution in [-0.4, -0.2) is 33.5 Å². The van der Waals surface area contributed by atoms with Crippen molar-refractivity contribution < 1.29 is 17.2 Å². The lowest BCUT2D eigenvalue weighted by molar-refractivity contribution is 0.543. The van der Waals surface area contributed by atoms with E-state index in [0.717, 1.165) is 37.8 Å². The second kappa shape index (κ2) is 7.69. The number of nitrogens with zero attached hydrogens (tertiary/aromatic N) is 1. The zero-order chi connectivity index (χ0) is 16.9. The van der Waals surface area contributed by atoms with Crippen molar-refractivity contribution in [3.05, 3.63) is 29.8 Å². The van der Waals surface area contributed by atoms with Gasteiger partial charge in [-0.25, -0.2) is 21.9 Å². The molecular formula is C14H20F2N4O2S. The van der Waals surface area contributed by atoms with Crippen molar-refractivity contribution in [2.45, 2.75) is 36.6 Å². The summed E-state index contributed by atoms with van der Waals surface area (Å²) in [7, 11) is -4.05. The fourth-order valence-electron chi connectivity index (χ4n) is 2.45. The van der Waals surface area contributed by atoms with Crippen LogP contribution in [0.5, 0.6) is 0 Å². The smallest absolute Gasteiger partial charge is 0.243 e. The summed E-state index contributed by atoms with van der Waals surface area (Å²) in [5, 5.41) is 3.07. The maximum Gasteiger partial charge on any atom is 0.243 e. The Morgan fingerprint density at radius 3 is 2.65 bits per heavy atom. The van der Waals surface area contributed by atoms with E-state index >= 15 is 0 Å². The lowest BCUT2D eigenvalue weighted by Gasteiger charge is -2.12. The SMILES string of the molecule is NC(=NCCNS(=O)(=O)c1ccc(F)cc1F)NC1CCCC1. The van der Waals surface area contributed by atoms with Gasteiger partial charge in [-0.05, 0) is 25.0 Å². The topological polar surface area (TPSA) is 96.6 Å². The number of hydrogen-bond acceptors (Lipinski definition) is 3.